The Morgan fingerprint density at radius 2 is 2.12 bits per heavy atom. The van der Waals surface area contributed by atoms with Gasteiger partial charge in [-0.15, -0.1) is 0 Å². The number of rotatable bonds is 3. The number of guanidine groups is 1. The Morgan fingerprint density at radius 3 is 2.56 bits per heavy atom. The molecule has 1 rings (SSSR count). The second-order valence-corrected chi connectivity index (χ2v) is 3.86. The highest BCUT2D eigenvalue weighted by Gasteiger charge is 2.49. The molecule has 0 aromatic rings. The molecule has 0 bridgehead atoms. The summed E-state index contributed by atoms with van der Waals surface area (Å²) in [6.45, 7) is 2.09. The van der Waals surface area contributed by atoms with Gasteiger partial charge < -0.3 is 15.4 Å². The first-order valence-corrected chi connectivity index (χ1v) is 5.09. The molecule has 2 atom stereocenters. The predicted octanol–water partition coefficient (Wildman–Crippen LogP) is 1.03. The molecule has 1 saturated heterocycles. The molecule has 94 valence electrons. The molecule has 7 heteroatoms. The fraction of sp³-hybridized carbons (Fsp3) is 0.889. The highest BCUT2D eigenvalue weighted by molar-refractivity contribution is 5.74. The minimum Gasteiger partial charge on any atom is -0.381 e. The third-order valence-corrected chi connectivity index (χ3v) is 2.74. The van der Waals surface area contributed by atoms with Gasteiger partial charge in [0.05, 0.1) is 12.5 Å². The summed E-state index contributed by atoms with van der Waals surface area (Å²) >= 11 is 0. The Hall–Kier alpha value is -0.980. The Balaban J connectivity index is 2.67. The summed E-state index contributed by atoms with van der Waals surface area (Å²) in [5, 5.41) is 7.15. The van der Waals surface area contributed by atoms with Crippen LogP contribution >= 0.6 is 0 Å². The van der Waals surface area contributed by atoms with E-state index in [0.717, 1.165) is 0 Å². The number of nitrogens with zero attached hydrogens (tertiary/aromatic N) is 1. The minimum absolute atomic E-state index is 0.0600. The van der Waals surface area contributed by atoms with E-state index in [1.807, 2.05) is 0 Å². The van der Waals surface area contributed by atoms with Crippen molar-refractivity contribution in [2.75, 3.05) is 26.3 Å². The van der Waals surface area contributed by atoms with Crippen LogP contribution in [-0.4, -0.2) is 43.3 Å². The van der Waals surface area contributed by atoms with Gasteiger partial charge >= 0.3 is 6.18 Å². The van der Waals surface area contributed by atoms with Gasteiger partial charge in [-0.05, 0) is 6.92 Å². The van der Waals surface area contributed by atoms with Crippen molar-refractivity contribution in [2.24, 2.45) is 17.6 Å². The van der Waals surface area contributed by atoms with E-state index in [2.05, 4.69) is 0 Å². The van der Waals surface area contributed by atoms with Gasteiger partial charge in [0.1, 0.15) is 0 Å². The Morgan fingerprint density at radius 1 is 1.50 bits per heavy atom. The molecule has 0 amide bonds. The van der Waals surface area contributed by atoms with Crippen LogP contribution < -0.4 is 5.73 Å². The molecular weight excluding hydrogens is 223 g/mol. The van der Waals surface area contributed by atoms with E-state index in [0.29, 0.717) is 6.61 Å². The molecule has 1 aliphatic rings. The lowest BCUT2D eigenvalue weighted by Crippen LogP contribution is -2.36. The normalized spacial score (nSPS) is 26.1. The van der Waals surface area contributed by atoms with Crippen LogP contribution in [0.15, 0.2) is 0 Å². The molecule has 4 nitrogen and oxygen atoms in total. The van der Waals surface area contributed by atoms with Crippen LogP contribution in [0.4, 0.5) is 13.2 Å². The molecule has 0 saturated carbocycles. The van der Waals surface area contributed by atoms with Crippen LogP contribution in [0.3, 0.4) is 0 Å². The van der Waals surface area contributed by atoms with Crippen molar-refractivity contribution in [3.63, 3.8) is 0 Å². The molecule has 0 aromatic carbocycles. The number of hydrogen-bond donors (Lipinski definition) is 2. The maximum absolute atomic E-state index is 12.7. The highest BCUT2D eigenvalue weighted by Crippen LogP contribution is 2.37. The molecule has 1 fully saturated rings. The van der Waals surface area contributed by atoms with Crippen LogP contribution in [0.2, 0.25) is 0 Å². The summed E-state index contributed by atoms with van der Waals surface area (Å²) in [6.07, 6.45) is -4.26. The van der Waals surface area contributed by atoms with E-state index >= 15 is 0 Å². The SMILES string of the molecule is CCOC[C@@H]1CN(C(=N)N)C[C@@H]1C(F)(F)F. The molecule has 0 aromatic heterocycles. The van der Waals surface area contributed by atoms with Crippen LogP contribution in [-0.2, 0) is 4.74 Å². The van der Waals surface area contributed by atoms with Crippen molar-refractivity contribution >= 4 is 5.96 Å². The van der Waals surface area contributed by atoms with Crippen molar-refractivity contribution in [1.29, 1.82) is 5.41 Å². The number of likely N-dealkylation sites (tertiary alicyclic amines) is 1. The van der Waals surface area contributed by atoms with Gasteiger partial charge in [0.2, 0.25) is 0 Å². The highest BCUT2D eigenvalue weighted by atomic mass is 19.4. The molecule has 0 aliphatic carbocycles. The summed E-state index contributed by atoms with van der Waals surface area (Å²) < 4.78 is 43.1. The molecule has 0 unspecified atom stereocenters. The summed E-state index contributed by atoms with van der Waals surface area (Å²) in [5.74, 6) is -2.40. The minimum atomic E-state index is -4.26. The van der Waals surface area contributed by atoms with Gasteiger partial charge in [-0.2, -0.15) is 13.2 Å². The largest absolute Gasteiger partial charge is 0.393 e. The van der Waals surface area contributed by atoms with Gasteiger partial charge in [0.15, 0.2) is 5.96 Å². The summed E-state index contributed by atoms with van der Waals surface area (Å²) in [5.41, 5.74) is 5.20. The molecular formula is C9H16F3N3O. The number of halogens is 3. The van der Waals surface area contributed by atoms with Gasteiger partial charge in [-0.1, -0.05) is 0 Å². The molecule has 1 aliphatic heterocycles. The third kappa shape index (κ3) is 3.01. The first-order chi connectivity index (χ1) is 7.36. The maximum Gasteiger partial charge on any atom is 0.393 e. The van der Waals surface area contributed by atoms with E-state index in [-0.39, 0.29) is 25.7 Å². The maximum atomic E-state index is 12.7. The van der Waals surface area contributed by atoms with Gasteiger partial charge in [-0.3, -0.25) is 5.41 Å². The number of hydrogen-bond acceptors (Lipinski definition) is 2. The summed E-state index contributed by atoms with van der Waals surface area (Å²) in [7, 11) is 0. The lowest BCUT2D eigenvalue weighted by molar-refractivity contribution is -0.183. The van der Waals surface area contributed by atoms with Crippen molar-refractivity contribution in [3.05, 3.63) is 0 Å². The number of ether oxygens (including phenoxy) is 1. The topological polar surface area (TPSA) is 62.3 Å². The van der Waals surface area contributed by atoms with E-state index < -0.39 is 18.0 Å². The van der Waals surface area contributed by atoms with E-state index in [9.17, 15) is 13.2 Å². The van der Waals surface area contributed by atoms with Crippen molar-refractivity contribution in [1.82, 2.24) is 4.90 Å². The molecule has 1 heterocycles. The van der Waals surface area contributed by atoms with E-state index in [1.54, 1.807) is 6.92 Å². The molecule has 16 heavy (non-hydrogen) atoms. The second-order valence-electron chi connectivity index (χ2n) is 3.86. The Labute approximate surface area is 92.0 Å². The first-order valence-electron chi connectivity index (χ1n) is 5.09. The Bertz CT molecular complexity index is 257. The molecule has 3 N–H and O–H groups in total. The van der Waals surface area contributed by atoms with Crippen molar-refractivity contribution in [2.45, 2.75) is 13.1 Å². The fourth-order valence-electron chi connectivity index (χ4n) is 1.88. The molecule has 0 radical (unpaired) electrons. The monoisotopic (exact) mass is 239 g/mol. The number of nitrogens with one attached hydrogen (secondary N) is 1. The lowest BCUT2D eigenvalue weighted by atomic mass is 9.96. The van der Waals surface area contributed by atoms with Crippen LogP contribution in [0.25, 0.3) is 0 Å². The van der Waals surface area contributed by atoms with Crippen LogP contribution in [0.1, 0.15) is 6.92 Å². The van der Waals surface area contributed by atoms with Crippen molar-refractivity contribution in [3.8, 4) is 0 Å². The van der Waals surface area contributed by atoms with Crippen LogP contribution in [0, 0.1) is 17.2 Å². The first kappa shape index (κ1) is 13.1. The second kappa shape index (κ2) is 4.90. The van der Waals surface area contributed by atoms with Crippen molar-refractivity contribution < 1.29 is 17.9 Å². The molecule has 0 spiro atoms. The Kier molecular flexibility index (Phi) is 4.01. The van der Waals surface area contributed by atoms with E-state index in [1.165, 1.54) is 4.90 Å². The fourth-order valence-corrected chi connectivity index (χ4v) is 1.88. The number of nitrogens with two attached hydrogens (primary N) is 1. The summed E-state index contributed by atoms with van der Waals surface area (Å²) in [4.78, 5) is 1.24. The van der Waals surface area contributed by atoms with E-state index in [4.69, 9.17) is 15.9 Å². The smallest absolute Gasteiger partial charge is 0.381 e. The zero-order valence-electron chi connectivity index (χ0n) is 9.05. The summed E-state index contributed by atoms with van der Waals surface area (Å²) in [6, 6.07) is 0. The van der Waals surface area contributed by atoms with Gasteiger partial charge in [-0.25, -0.2) is 0 Å². The third-order valence-electron chi connectivity index (χ3n) is 2.74. The number of alkyl halides is 3. The van der Waals surface area contributed by atoms with Crippen LogP contribution in [0.5, 0.6) is 0 Å². The lowest BCUT2D eigenvalue weighted by Gasteiger charge is -2.20. The standard InChI is InChI=1S/C9H16F3N3O/c1-2-16-5-6-3-15(8(13)14)4-7(6)9(10,11)12/h6-7H,2-5H2,1H3,(H3,13,14)/t6-,7-/m0/s1. The zero-order chi connectivity index (χ0) is 12.3. The van der Waals surface area contributed by atoms with Gasteiger partial charge in [0.25, 0.3) is 0 Å². The van der Waals surface area contributed by atoms with Gasteiger partial charge in [0, 0.05) is 25.6 Å². The average molecular weight is 239 g/mol. The predicted molar refractivity (Wildman–Crippen MR) is 53.0 cm³/mol. The average Bonchev–Trinajstić information content (AvgIpc) is 2.57. The zero-order valence-corrected chi connectivity index (χ0v) is 9.05. The quantitative estimate of drug-likeness (QED) is 0.571.